The smallest absolute Gasteiger partial charge is 0.307 e. The van der Waals surface area contributed by atoms with E-state index in [1.54, 1.807) is 26.2 Å². The Bertz CT molecular complexity index is 621. The van der Waals surface area contributed by atoms with Crippen LogP contribution in [0, 0.1) is 13.8 Å². The number of aryl methyl sites for hydroxylation is 2. The highest BCUT2D eigenvalue weighted by atomic mass is 79.9. The quantitative estimate of drug-likeness (QED) is 0.940. The zero-order valence-corrected chi connectivity index (χ0v) is 12.1. The molecule has 0 saturated heterocycles. The van der Waals surface area contributed by atoms with Crippen LogP contribution < -0.4 is 0 Å². The van der Waals surface area contributed by atoms with Gasteiger partial charge in [0.2, 0.25) is 0 Å². The van der Waals surface area contributed by atoms with Crippen molar-refractivity contribution in [2.75, 3.05) is 0 Å². The molecule has 0 atom stereocenters. The Balaban J connectivity index is 2.48. The van der Waals surface area contributed by atoms with E-state index in [4.69, 9.17) is 5.11 Å². The van der Waals surface area contributed by atoms with Gasteiger partial charge in [-0.3, -0.25) is 9.78 Å². The molecule has 0 radical (unpaired) electrons. The van der Waals surface area contributed by atoms with E-state index in [0.717, 1.165) is 10.0 Å². The molecule has 2 aromatic heterocycles. The summed E-state index contributed by atoms with van der Waals surface area (Å²) < 4.78 is 0.846. The standard InChI is InChI=1S/C13H12BrN3O2/c1-7-11(4-12(18)19)8(2)17-13(16-7)9-3-10(14)6-15-5-9/h3,5-6H,4H2,1-2H3,(H,18,19). The van der Waals surface area contributed by atoms with Crippen LogP contribution in [0.1, 0.15) is 17.0 Å². The number of carboxylic acid groups (broad SMARTS) is 1. The van der Waals surface area contributed by atoms with Gasteiger partial charge in [0.1, 0.15) is 0 Å². The van der Waals surface area contributed by atoms with Gasteiger partial charge in [0.05, 0.1) is 6.42 Å². The van der Waals surface area contributed by atoms with Crippen LogP contribution in [-0.4, -0.2) is 26.0 Å². The van der Waals surface area contributed by atoms with Crippen molar-refractivity contribution < 1.29 is 9.90 Å². The van der Waals surface area contributed by atoms with Crippen molar-refractivity contribution in [3.05, 3.63) is 39.9 Å². The predicted molar refractivity (Wildman–Crippen MR) is 73.8 cm³/mol. The molecule has 0 aliphatic rings. The first kappa shape index (κ1) is 13.6. The Labute approximate surface area is 118 Å². The molecule has 0 spiro atoms. The zero-order chi connectivity index (χ0) is 14.0. The van der Waals surface area contributed by atoms with Crippen LogP contribution >= 0.6 is 15.9 Å². The first-order chi connectivity index (χ1) is 8.97. The van der Waals surface area contributed by atoms with Gasteiger partial charge in [-0.25, -0.2) is 9.97 Å². The van der Waals surface area contributed by atoms with Crippen molar-refractivity contribution in [3.63, 3.8) is 0 Å². The summed E-state index contributed by atoms with van der Waals surface area (Å²) in [7, 11) is 0. The van der Waals surface area contributed by atoms with E-state index >= 15 is 0 Å². The first-order valence-electron chi connectivity index (χ1n) is 5.64. The summed E-state index contributed by atoms with van der Waals surface area (Å²) in [5.41, 5.74) is 2.83. The van der Waals surface area contributed by atoms with Crippen LogP contribution in [0.3, 0.4) is 0 Å². The maximum absolute atomic E-state index is 10.8. The highest BCUT2D eigenvalue weighted by Gasteiger charge is 2.13. The molecule has 1 N–H and O–H groups in total. The summed E-state index contributed by atoms with van der Waals surface area (Å²) >= 11 is 3.35. The van der Waals surface area contributed by atoms with Crippen molar-refractivity contribution in [3.8, 4) is 11.4 Å². The van der Waals surface area contributed by atoms with Crippen LogP contribution in [0.25, 0.3) is 11.4 Å². The van der Waals surface area contributed by atoms with E-state index in [-0.39, 0.29) is 6.42 Å². The fourth-order valence-corrected chi connectivity index (χ4v) is 2.17. The maximum Gasteiger partial charge on any atom is 0.307 e. The average molecular weight is 322 g/mol. The molecule has 0 bridgehead atoms. The van der Waals surface area contributed by atoms with Crippen molar-refractivity contribution in [2.24, 2.45) is 0 Å². The van der Waals surface area contributed by atoms with Gasteiger partial charge >= 0.3 is 5.97 Å². The van der Waals surface area contributed by atoms with Crippen LogP contribution in [0.5, 0.6) is 0 Å². The van der Waals surface area contributed by atoms with E-state index in [2.05, 4.69) is 30.9 Å². The van der Waals surface area contributed by atoms with Crippen LogP contribution in [0.2, 0.25) is 0 Å². The number of aromatic nitrogens is 3. The lowest BCUT2D eigenvalue weighted by atomic mass is 10.1. The molecular formula is C13H12BrN3O2. The lowest BCUT2D eigenvalue weighted by Gasteiger charge is -2.09. The molecule has 98 valence electrons. The van der Waals surface area contributed by atoms with Gasteiger partial charge in [0.15, 0.2) is 5.82 Å². The summed E-state index contributed by atoms with van der Waals surface area (Å²) in [6, 6.07) is 1.87. The minimum atomic E-state index is -0.883. The second kappa shape index (κ2) is 5.44. The molecule has 0 fully saturated rings. The maximum atomic E-state index is 10.8. The number of pyridine rings is 1. The Kier molecular flexibility index (Phi) is 3.90. The van der Waals surface area contributed by atoms with Crippen LogP contribution in [0.15, 0.2) is 22.9 Å². The van der Waals surface area contributed by atoms with E-state index in [0.29, 0.717) is 22.8 Å². The van der Waals surface area contributed by atoms with Crippen LogP contribution in [0.4, 0.5) is 0 Å². The minimum absolute atomic E-state index is 0.0608. The first-order valence-corrected chi connectivity index (χ1v) is 6.43. The lowest BCUT2D eigenvalue weighted by molar-refractivity contribution is -0.136. The average Bonchev–Trinajstić information content (AvgIpc) is 2.33. The number of nitrogens with zero attached hydrogens (tertiary/aromatic N) is 3. The third-order valence-electron chi connectivity index (χ3n) is 2.71. The van der Waals surface area contributed by atoms with Gasteiger partial charge in [-0.2, -0.15) is 0 Å². The Hall–Kier alpha value is -1.82. The molecule has 2 rings (SSSR count). The molecule has 19 heavy (non-hydrogen) atoms. The van der Waals surface area contributed by atoms with Gasteiger partial charge in [-0.05, 0) is 35.8 Å². The molecule has 0 aliphatic heterocycles. The molecule has 6 heteroatoms. The number of carbonyl (C=O) groups is 1. The summed E-state index contributed by atoms with van der Waals surface area (Å²) in [4.78, 5) is 23.6. The fraction of sp³-hybridized carbons (Fsp3) is 0.231. The van der Waals surface area contributed by atoms with Crippen molar-refractivity contribution >= 4 is 21.9 Å². The minimum Gasteiger partial charge on any atom is -0.481 e. The molecule has 0 aromatic carbocycles. The Morgan fingerprint density at radius 1 is 1.26 bits per heavy atom. The topological polar surface area (TPSA) is 76.0 Å². The third-order valence-corrected chi connectivity index (χ3v) is 3.15. The monoisotopic (exact) mass is 321 g/mol. The molecule has 2 aromatic rings. The van der Waals surface area contributed by atoms with E-state index in [9.17, 15) is 4.79 Å². The number of rotatable bonds is 3. The highest BCUT2D eigenvalue weighted by Crippen LogP contribution is 2.21. The van der Waals surface area contributed by atoms with Gasteiger partial charge in [0, 0.05) is 39.4 Å². The van der Waals surface area contributed by atoms with E-state index < -0.39 is 5.97 Å². The fourth-order valence-electron chi connectivity index (χ4n) is 1.81. The number of hydrogen-bond donors (Lipinski definition) is 1. The summed E-state index contributed by atoms with van der Waals surface area (Å²) in [6.45, 7) is 3.59. The molecule has 0 amide bonds. The van der Waals surface area contributed by atoms with Crippen molar-refractivity contribution in [2.45, 2.75) is 20.3 Å². The number of halogens is 1. The summed E-state index contributed by atoms with van der Waals surface area (Å²) in [5, 5.41) is 8.87. The highest BCUT2D eigenvalue weighted by molar-refractivity contribution is 9.10. The molecular weight excluding hydrogens is 310 g/mol. The predicted octanol–water partition coefficient (Wildman–Crippen LogP) is 2.55. The number of hydrogen-bond acceptors (Lipinski definition) is 4. The van der Waals surface area contributed by atoms with Gasteiger partial charge in [-0.15, -0.1) is 0 Å². The Morgan fingerprint density at radius 2 is 1.89 bits per heavy atom. The largest absolute Gasteiger partial charge is 0.481 e. The van der Waals surface area contributed by atoms with E-state index in [1.807, 2.05) is 6.07 Å². The zero-order valence-electron chi connectivity index (χ0n) is 10.5. The normalized spacial score (nSPS) is 10.5. The number of aliphatic carboxylic acids is 1. The van der Waals surface area contributed by atoms with Crippen molar-refractivity contribution in [1.29, 1.82) is 0 Å². The second-order valence-corrected chi connectivity index (χ2v) is 5.07. The summed E-state index contributed by atoms with van der Waals surface area (Å²) in [5.74, 6) is -0.329. The third kappa shape index (κ3) is 3.14. The Morgan fingerprint density at radius 3 is 2.42 bits per heavy atom. The number of carboxylic acids is 1. The molecule has 0 saturated carbocycles. The molecule has 5 nitrogen and oxygen atoms in total. The van der Waals surface area contributed by atoms with Gasteiger partial charge in [-0.1, -0.05) is 0 Å². The lowest BCUT2D eigenvalue weighted by Crippen LogP contribution is -2.08. The molecule has 2 heterocycles. The second-order valence-electron chi connectivity index (χ2n) is 4.16. The van der Waals surface area contributed by atoms with Crippen LogP contribution in [-0.2, 0) is 11.2 Å². The molecule has 0 unspecified atom stereocenters. The van der Waals surface area contributed by atoms with Crippen molar-refractivity contribution in [1.82, 2.24) is 15.0 Å². The van der Waals surface area contributed by atoms with Gasteiger partial charge in [0.25, 0.3) is 0 Å². The SMILES string of the molecule is Cc1nc(-c2cncc(Br)c2)nc(C)c1CC(=O)O. The molecule has 0 aliphatic carbocycles. The van der Waals surface area contributed by atoms with Gasteiger partial charge < -0.3 is 5.11 Å². The summed E-state index contributed by atoms with van der Waals surface area (Å²) in [6.07, 6.45) is 3.30. The van der Waals surface area contributed by atoms with E-state index in [1.165, 1.54) is 0 Å².